The van der Waals surface area contributed by atoms with Gasteiger partial charge >= 0.3 is 0 Å². The van der Waals surface area contributed by atoms with Crippen molar-refractivity contribution in [3.05, 3.63) is 65.2 Å². The van der Waals surface area contributed by atoms with Gasteiger partial charge in [-0.2, -0.15) is 0 Å². The second-order valence-corrected chi connectivity index (χ2v) is 7.17. The number of carbonyl (C=O) groups excluding carboxylic acids is 1. The normalized spacial score (nSPS) is 16.5. The maximum absolute atomic E-state index is 13.1. The van der Waals surface area contributed by atoms with Crippen LogP contribution in [0.2, 0.25) is 0 Å². The molecule has 1 fully saturated rings. The summed E-state index contributed by atoms with van der Waals surface area (Å²) in [4.78, 5) is 23.5. The highest BCUT2D eigenvalue weighted by atomic mass is 19.1. The minimum Gasteiger partial charge on any atom is -0.361 e. The first-order chi connectivity index (χ1) is 13.5. The Kier molecular flexibility index (Phi) is 4.90. The molecule has 0 unspecified atom stereocenters. The van der Waals surface area contributed by atoms with Crippen LogP contribution in [0.25, 0.3) is 11.3 Å². The van der Waals surface area contributed by atoms with Gasteiger partial charge in [-0.3, -0.25) is 14.8 Å². The summed E-state index contributed by atoms with van der Waals surface area (Å²) in [6.07, 6.45) is 4.97. The van der Waals surface area contributed by atoms with E-state index in [-0.39, 0.29) is 11.7 Å². The molecular weight excluding hydrogens is 359 g/mol. The van der Waals surface area contributed by atoms with Crippen molar-refractivity contribution in [3.8, 4) is 11.3 Å². The predicted octanol–water partition coefficient (Wildman–Crippen LogP) is 3.59. The molecule has 28 heavy (non-hydrogen) atoms. The fourth-order valence-electron chi connectivity index (χ4n) is 3.78. The average Bonchev–Trinajstić information content (AvgIpc) is 3.29. The van der Waals surface area contributed by atoms with Gasteiger partial charge in [-0.15, -0.1) is 0 Å². The Morgan fingerprint density at radius 3 is 2.68 bits per heavy atom. The minimum atomic E-state index is -0.342. The topological polar surface area (TPSA) is 72.1 Å². The molecule has 0 spiro atoms. The second kappa shape index (κ2) is 7.50. The molecule has 0 bridgehead atoms. The summed E-state index contributed by atoms with van der Waals surface area (Å²) in [6, 6.07) is 5.69. The van der Waals surface area contributed by atoms with Crippen LogP contribution in [0.5, 0.6) is 0 Å². The number of benzene rings is 1. The summed E-state index contributed by atoms with van der Waals surface area (Å²) in [5.74, 6) is 0.608. The van der Waals surface area contributed by atoms with Crippen molar-refractivity contribution in [3.63, 3.8) is 0 Å². The first kappa shape index (κ1) is 18.3. The number of nitrogens with zero attached hydrogens (tertiary/aromatic N) is 4. The van der Waals surface area contributed by atoms with Gasteiger partial charge < -0.3 is 9.42 Å². The van der Waals surface area contributed by atoms with Crippen molar-refractivity contribution in [2.24, 2.45) is 5.92 Å². The fraction of sp³-hybridized carbons (Fsp3) is 0.333. The van der Waals surface area contributed by atoms with Crippen molar-refractivity contribution in [2.45, 2.75) is 26.7 Å². The maximum atomic E-state index is 13.1. The van der Waals surface area contributed by atoms with Crippen LogP contribution in [-0.4, -0.2) is 39.0 Å². The van der Waals surface area contributed by atoms with E-state index in [0.29, 0.717) is 24.6 Å². The van der Waals surface area contributed by atoms with Gasteiger partial charge in [0, 0.05) is 31.0 Å². The Morgan fingerprint density at radius 2 is 1.96 bits per heavy atom. The lowest BCUT2D eigenvalue weighted by atomic mass is 9.98. The van der Waals surface area contributed by atoms with Crippen molar-refractivity contribution < 1.29 is 13.7 Å². The zero-order chi connectivity index (χ0) is 19.7. The van der Waals surface area contributed by atoms with Gasteiger partial charge in [-0.1, -0.05) is 5.16 Å². The lowest BCUT2D eigenvalue weighted by Crippen LogP contribution is -2.29. The summed E-state index contributed by atoms with van der Waals surface area (Å²) < 4.78 is 18.4. The molecule has 0 radical (unpaired) electrons. The molecule has 144 valence electrons. The highest BCUT2D eigenvalue weighted by Crippen LogP contribution is 2.30. The standard InChI is InChI=1S/C21H21FN4O2/c1-13-19(14(2)28-25-13)20-18(23-8-9-24-20)11-15-7-10-26(12-15)21(27)16-3-5-17(22)6-4-16/h3-6,8-9,15H,7,10-12H2,1-2H3/t15-/m0/s1. The summed E-state index contributed by atoms with van der Waals surface area (Å²) in [6.45, 7) is 5.09. The number of halogens is 1. The molecule has 1 saturated heterocycles. The lowest BCUT2D eigenvalue weighted by Gasteiger charge is -2.17. The van der Waals surface area contributed by atoms with E-state index >= 15 is 0 Å². The molecule has 4 rings (SSSR count). The number of rotatable bonds is 4. The summed E-state index contributed by atoms with van der Waals surface area (Å²) >= 11 is 0. The zero-order valence-corrected chi connectivity index (χ0v) is 15.9. The maximum Gasteiger partial charge on any atom is 0.253 e. The van der Waals surface area contributed by atoms with Gasteiger partial charge in [0.15, 0.2) is 0 Å². The Morgan fingerprint density at radius 1 is 1.21 bits per heavy atom. The Balaban J connectivity index is 1.50. The number of amides is 1. The molecule has 1 aromatic carbocycles. The number of hydrogen-bond acceptors (Lipinski definition) is 5. The van der Waals surface area contributed by atoms with Crippen LogP contribution >= 0.6 is 0 Å². The first-order valence-electron chi connectivity index (χ1n) is 9.31. The van der Waals surface area contributed by atoms with E-state index in [0.717, 1.165) is 41.2 Å². The Hall–Kier alpha value is -3.09. The number of carbonyl (C=O) groups is 1. The Bertz CT molecular complexity index is 980. The molecule has 7 heteroatoms. The fourth-order valence-corrected chi connectivity index (χ4v) is 3.78. The van der Waals surface area contributed by atoms with Crippen molar-refractivity contribution in [2.75, 3.05) is 13.1 Å². The van der Waals surface area contributed by atoms with Crippen LogP contribution < -0.4 is 0 Å². The van der Waals surface area contributed by atoms with Crippen LogP contribution in [0.1, 0.15) is 33.9 Å². The van der Waals surface area contributed by atoms with E-state index in [4.69, 9.17) is 4.52 Å². The van der Waals surface area contributed by atoms with Gasteiger partial charge in [0.2, 0.25) is 0 Å². The third kappa shape index (κ3) is 3.52. The van der Waals surface area contributed by atoms with Crippen LogP contribution in [0.4, 0.5) is 4.39 Å². The highest BCUT2D eigenvalue weighted by Gasteiger charge is 2.29. The highest BCUT2D eigenvalue weighted by molar-refractivity contribution is 5.94. The monoisotopic (exact) mass is 380 g/mol. The van der Waals surface area contributed by atoms with E-state index < -0.39 is 0 Å². The molecular formula is C21H21FN4O2. The predicted molar refractivity (Wildman–Crippen MR) is 101 cm³/mol. The van der Waals surface area contributed by atoms with Crippen molar-refractivity contribution in [1.29, 1.82) is 0 Å². The third-order valence-corrected chi connectivity index (χ3v) is 5.19. The largest absolute Gasteiger partial charge is 0.361 e. The van der Waals surface area contributed by atoms with Crippen LogP contribution in [0.3, 0.4) is 0 Å². The van der Waals surface area contributed by atoms with Gasteiger partial charge in [0.05, 0.1) is 22.6 Å². The SMILES string of the molecule is Cc1noc(C)c1-c1nccnc1C[C@@H]1CCN(C(=O)c2ccc(F)cc2)C1. The van der Waals surface area contributed by atoms with Crippen LogP contribution in [0.15, 0.2) is 41.2 Å². The number of aryl methyl sites for hydroxylation is 2. The smallest absolute Gasteiger partial charge is 0.253 e. The van der Waals surface area contributed by atoms with E-state index in [1.54, 1.807) is 12.4 Å². The quantitative estimate of drug-likeness (QED) is 0.692. The van der Waals surface area contributed by atoms with Crippen LogP contribution in [0, 0.1) is 25.6 Å². The minimum absolute atomic E-state index is 0.0624. The summed E-state index contributed by atoms with van der Waals surface area (Å²) in [5, 5.41) is 4.02. The molecule has 2 aromatic heterocycles. The van der Waals surface area contributed by atoms with E-state index in [9.17, 15) is 9.18 Å². The summed E-state index contributed by atoms with van der Waals surface area (Å²) in [7, 11) is 0. The number of aromatic nitrogens is 3. The molecule has 0 saturated carbocycles. The molecule has 0 aliphatic carbocycles. The molecule has 3 aromatic rings. The lowest BCUT2D eigenvalue weighted by molar-refractivity contribution is 0.0787. The van der Waals surface area contributed by atoms with E-state index in [1.165, 1.54) is 24.3 Å². The number of hydrogen-bond donors (Lipinski definition) is 0. The number of likely N-dealkylation sites (tertiary alicyclic amines) is 1. The van der Waals surface area contributed by atoms with Crippen molar-refractivity contribution >= 4 is 5.91 Å². The first-order valence-corrected chi connectivity index (χ1v) is 9.31. The molecule has 3 heterocycles. The molecule has 1 aliphatic heterocycles. The van der Waals surface area contributed by atoms with Crippen molar-refractivity contribution in [1.82, 2.24) is 20.0 Å². The van der Waals surface area contributed by atoms with Gasteiger partial charge in [-0.05, 0) is 56.9 Å². The molecule has 0 N–H and O–H groups in total. The van der Waals surface area contributed by atoms with Gasteiger partial charge in [0.25, 0.3) is 5.91 Å². The van der Waals surface area contributed by atoms with E-state index in [1.807, 2.05) is 18.7 Å². The molecule has 1 amide bonds. The second-order valence-electron chi connectivity index (χ2n) is 7.17. The average molecular weight is 380 g/mol. The van der Waals surface area contributed by atoms with E-state index in [2.05, 4.69) is 15.1 Å². The van der Waals surface area contributed by atoms with Gasteiger partial charge in [-0.25, -0.2) is 4.39 Å². The molecule has 1 aliphatic rings. The molecule has 1 atom stereocenters. The summed E-state index contributed by atoms with van der Waals surface area (Å²) in [5.41, 5.74) is 3.87. The Labute approximate surface area is 162 Å². The van der Waals surface area contributed by atoms with Gasteiger partial charge in [0.1, 0.15) is 11.6 Å². The zero-order valence-electron chi connectivity index (χ0n) is 15.9. The molecule has 6 nitrogen and oxygen atoms in total. The van der Waals surface area contributed by atoms with Crippen LogP contribution in [-0.2, 0) is 6.42 Å². The third-order valence-electron chi connectivity index (χ3n) is 5.19.